The van der Waals surface area contributed by atoms with E-state index >= 15 is 0 Å². The first-order valence-electron chi connectivity index (χ1n) is 5.64. The molecule has 0 aliphatic rings. The zero-order valence-electron chi connectivity index (χ0n) is 9.61. The van der Waals surface area contributed by atoms with Gasteiger partial charge in [0.2, 0.25) is 0 Å². The van der Waals surface area contributed by atoms with Crippen LogP contribution in [-0.4, -0.2) is 13.2 Å². The van der Waals surface area contributed by atoms with Gasteiger partial charge in [0.25, 0.3) is 0 Å². The van der Waals surface area contributed by atoms with Gasteiger partial charge >= 0.3 is 6.61 Å². The van der Waals surface area contributed by atoms with Gasteiger partial charge in [0.15, 0.2) is 0 Å². The number of halogens is 2. The van der Waals surface area contributed by atoms with Crippen LogP contribution >= 0.6 is 0 Å². The van der Waals surface area contributed by atoms with Crippen LogP contribution in [0, 0.1) is 0 Å². The number of rotatable bonds is 7. The van der Waals surface area contributed by atoms with E-state index in [2.05, 4.69) is 4.74 Å². The van der Waals surface area contributed by atoms with Crippen molar-refractivity contribution in [1.29, 1.82) is 0 Å². The molecular weight excluding hydrogens is 226 g/mol. The van der Waals surface area contributed by atoms with Gasteiger partial charge < -0.3 is 16.2 Å². The lowest BCUT2D eigenvalue weighted by Crippen LogP contribution is -2.11. The molecule has 5 heteroatoms. The van der Waals surface area contributed by atoms with Crippen LogP contribution in [0.2, 0.25) is 0 Å². The molecule has 0 aliphatic heterocycles. The van der Waals surface area contributed by atoms with Crippen LogP contribution in [-0.2, 0) is 0 Å². The number of hydrogen-bond donors (Lipinski definition) is 2. The summed E-state index contributed by atoms with van der Waals surface area (Å²) in [4.78, 5) is 0. The van der Waals surface area contributed by atoms with Crippen molar-refractivity contribution in [3.05, 3.63) is 29.8 Å². The van der Waals surface area contributed by atoms with Crippen molar-refractivity contribution < 1.29 is 13.5 Å². The minimum Gasteiger partial charge on any atom is -0.435 e. The molecule has 0 unspecified atom stereocenters. The molecule has 0 aliphatic carbocycles. The Bertz CT molecular complexity index is 317. The molecule has 0 heterocycles. The molecule has 0 spiro atoms. The van der Waals surface area contributed by atoms with E-state index in [4.69, 9.17) is 11.5 Å². The molecule has 1 atom stereocenters. The number of ether oxygens (including phenoxy) is 1. The number of alkyl halides is 2. The van der Waals surface area contributed by atoms with Gasteiger partial charge in [-0.25, -0.2) is 0 Å². The molecule has 96 valence electrons. The molecule has 0 radical (unpaired) electrons. The topological polar surface area (TPSA) is 61.3 Å². The Morgan fingerprint density at radius 2 is 1.76 bits per heavy atom. The van der Waals surface area contributed by atoms with Gasteiger partial charge in [0.05, 0.1) is 0 Å². The zero-order valence-corrected chi connectivity index (χ0v) is 9.61. The van der Waals surface area contributed by atoms with E-state index < -0.39 is 6.61 Å². The summed E-state index contributed by atoms with van der Waals surface area (Å²) in [6, 6.07) is 6.35. The maximum Gasteiger partial charge on any atom is 0.387 e. The number of hydrogen-bond acceptors (Lipinski definition) is 3. The maximum absolute atomic E-state index is 11.9. The molecular formula is C12H18F2N2O. The Balaban J connectivity index is 2.48. The fourth-order valence-electron chi connectivity index (χ4n) is 1.57. The van der Waals surface area contributed by atoms with Crippen molar-refractivity contribution in [3.63, 3.8) is 0 Å². The highest BCUT2D eigenvalue weighted by molar-refractivity contribution is 5.29. The third-order valence-corrected chi connectivity index (χ3v) is 2.50. The predicted molar refractivity (Wildman–Crippen MR) is 62.9 cm³/mol. The molecule has 17 heavy (non-hydrogen) atoms. The first-order chi connectivity index (χ1) is 8.13. The summed E-state index contributed by atoms with van der Waals surface area (Å²) < 4.78 is 28.1. The van der Waals surface area contributed by atoms with E-state index in [1.54, 1.807) is 12.1 Å². The van der Waals surface area contributed by atoms with E-state index in [1.165, 1.54) is 12.1 Å². The van der Waals surface area contributed by atoms with Gasteiger partial charge in [0.1, 0.15) is 5.75 Å². The molecule has 0 aromatic heterocycles. The van der Waals surface area contributed by atoms with Crippen molar-refractivity contribution in [3.8, 4) is 5.75 Å². The van der Waals surface area contributed by atoms with E-state index in [0.717, 1.165) is 24.8 Å². The molecule has 4 N–H and O–H groups in total. The third-order valence-electron chi connectivity index (χ3n) is 2.50. The first-order valence-corrected chi connectivity index (χ1v) is 5.64. The normalized spacial score (nSPS) is 12.8. The van der Waals surface area contributed by atoms with Crippen molar-refractivity contribution in [1.82, 2.24) is 0 Å². The molecule has 1 rings (SSSR count). The second kappa shape index (κ2) is 7.19. The molecule has 0 bridgehead atoms. The summed E-state index contributed by atoms with van der Waals surface area (Å²) in [5, 5.41) is 0. The smallest absolute Gasteiger partial charge is 0.387 e. The summed E-state index contributed by atoms with van der Waals surface area (Å²) in [6.45, 7) is -2.13. The zero-order chi connectivity index (χ0) is 12.7. The molecule has 1 aromatic carbocycles. The monoisotopic (exact) mass is 244 g/mol. The Morgan fingerprint density at radius 1 is 1.12 bits per heavy atom. The first kappa shape index (κ1) is 13.9. The quantitative estimate of drug-likeness (QED) is 0.724. The molecule has 0 saturated carbocycles. The lowest BCUT2D eigenvalue weighted by molar-refractivity contribution is -0.0498. The standard InChI is InChI=1S/C12H18F2N2O/c13-12(14)17-10-6-4-9(5-7-10)11(16)3-1-2-8-15/h4-7,11-12H,1-3,8,15-16H2/t11-/m0/s1. The predicted octanol–water partition coefficient (Wildman–Crippen LogP) is 2.42. The van der Waals surface area contributed by atoms with Crippen molar-refractivity contribution >= 4 is 0 Å². The van der Waals surface area contributed by atoms with Crippen LogP contribution in [0.5, 0.6) is 5.75 Å². The minimum absolute atomic E-state index is 0.0813. The second-order valence-corrected chi connectivity index (χ2v) is 3.84. The average molecular weight is 244 g/mol. The fraction of sp³-hybridized carbons (Fsp3) is 0.500. The van der Waals surface area contributed by atoms with Crippen LogP contribution < -0.4 is 16.2 Å². The lowest BCUT2D eigenvalue weighted by Gasteiger charge is -2.12. The van der Waals surface area contributed by atoms with Crippen molar-refractivity contribution in [2.45, 2.75) is 31.9 Å². The van der Waals surface area contributed by atoms with Crippen molar-refractivity contribution in [2.75, 3.05) is 6.54 Å². The minimum atomic E-state index is -2.79. The number of benzene rings is 1. The van der Waals surface area contributed by atoms with Crippen LogP contribution in [0.4, 0.5) is 8.78 Å². The Labute approximate surface area is 99.7 Å². The maximum atomic E-state index is 11.9. The van der Waals surface area contributed by atoms with Gasteiger partial charge in [-0.1, -0.05) is 18.6 Å². The second-order valence-electron chi connectivity index (χ2n) is 3.84. The summed E-state index contributed by atoms with van der Waals surface area (Å²) in [6.07, 6.45) is 2.75. The summed E-state index contributed by atoms with van der Waals surface area (Å²) in [5.74, 6) is 0.151. The molecule has 0 amide bonds. The molecule has 0 saturated heterocycles. The summed E-state index contributed by atoms with van der Waals surface area (Å²) >= 11 is 0. The SMILES string of the molecule is NCCCC[C@H](N)c1ccc(OC(F)F)cc1. The van der Waals surface area contributed by atoms with Crippen LogP contribution in [0.3, 0.4) is 0 Å². The van der Waals surface area contributed by atoms with Crippen LogP contribution in [0.25, 0.3) is 0 Å². The van der Waals surface area contributed by atoms with Crippen LogP contribution in [0.15, 0.2) is 24.3 Å². The van der Waals surface area contributed by atoms with Crippen LogP contribution in [0.1, 0.15) is 30.9 Å². The molecule has 3 nitrogen and oxygen atoms in total. The van der Waals surface area contributed by atoms with E-state index in [0.29, 0.717) is 6.54 Å². The van der Waals surface area contributed by atoms with Gasteiger partial charge in [-0.3, -0.25) is 0 Å². The van der Waals surface area contributed by atoms with Gasteiger partial charge in [0, 0.05) is 6.04 Å². The summed E-state index contributed by atoms with van der Waals surface area (Å²) in [7, 11) is 0. The van der Waals surface area contributed by atoms with Gasteiger partial charge in [-0.05, 0) is 37.1 Å². The van der Waals surface area contributed by atoms with Gasteiger partial charge in [-0.2, -0.15) is 8.78 Å². The average Bonchev–Trinajstić information content (AvgIpc) is 2.29. The highest BCUT2D eigenvalue weighted by atomic mass is 19.3. The highest BCUT2D eigenvalue weighted by Crippen LogP contribution is 2.21. The third kappa shape index (κ3) is 5.10. The Kier molecular flexibility index (Phi) is 5.86. The highest BCUT2D eigenvalue weighted by Gasteiger charge is 2.07. The Hall–Kier alpha value is -1.20. The van der Waals surface area contributed by atoms with Crippen molar-refractivity contribution in [2.24, 2.45) is 11.5 Å². The summed E-state index contributed by atoms with van der Waals surface area (Å²) in [5.41, 5.74) is 12.3. The van der Waals surface area contributed by atoms with E-state index in [9.17, 15) is 8.78 Å². The molecule has 0 fully saturated rings. The number of nitrogens with two attached hydrogens (primary N) is 2. The van der Waals surface area contributed by atoms with E-state index in [-0.39, 0.29) is 11.8 Å². The van der Waals surface area contributed by atoms with Gasteiger partial charge in [-0.15, -0.1) is 0 Å². The Morgan fingerprint density at radius 3 is 2.29 bits per heavy atom. The van der Waals surface area contributed by atoms with E-state index in [1.807, 2.05) is 0 Å². The largest absolute Gasteiger partial charge is 0.435 e. The fourth-order valence-corrected chi connectivity index (χ4v) is 1.57. The lowest BCUT2D eigenvalue weighted by atomic mass is 10.0. The number of unbranched alkanes of at least 4 members (excludes halogenated alkanes) is 1. The molecule has 1 aromatic rings.